The summed E-state index contributed by atoms with van der Waals surface area (Å²) in [4.78, 5) is 0. The minimum Gasteiger partial charge on any atom is -1.00 e. The molecule has 59 heavy (non-hydrogen) atoms. The molecule has 0 bridgehead atoms. The van der Waals surface area contributed by atoms with Crippen LogP contribution in [0.25, 0.3) is 22.3 Å². The summed E-state index contributed by atoms with van der Waals surface area (Å²) < 4.78 is 33.8. The molecular formula is C54H60Cl2F2Zr. The van der Waals surface area contributed by atoms with Crippen LogP contribution < -0.4 is 24.8 Å². The smallest absolute Gasteiger partial charge is 1.00 e. The van der Waals surface area contributed by atoms with Crippen LogP contribution in [0.5, 0.6) is 0 Å². The monoisotopic (exact) mass is 906 g/mol. The number of halogens is 4. The Balaban J connectivity index is 0.00000293. The van der Waals surface area contributed by atoms with Gasteiger partial charge >= 0.3 is 351 Å². The second kappa shape index (κ2) is 15.1. The maximum Gasteiger partial charge on any atom is -1.00 e. The third-order valence-electron chi connectivity index (χ3n) is 13.1. The molecule has 4 aromatic rings. The van der Waals surface area contributed by atoms with Gasteiger partial charge in [0.25, 0.3) is 0 Å². The molecule has 0 amide bonds. The average Bonchev–Trinajstić information content (AvgIpc) is 3.79. The molecule has 0 heterocycles. The first-order valence-electron chi connectivity index (χ1n) is 20.9. The zero-order valence-corrected chi connectivity index (χ0v) is 41.4. The molecule has 4 aliphatic rings. The minimum atomic E-state index is -3.40. The van der Waals surface area contributed by atoms with Gasteiger partial charge in [-0.05, 0) is 0 Å². The van der Waals surface area contributed by atoms with E-state index in [-0.39, 0.29) is 73.1 Å². The van der Waals surface area contributed by atoms with Crippen molar-refractivity contribution in [3.8, 4) is 11.1 Å². The van der Waals surface area contributed by atoms with Gasteiger partial charge in [0, 0.05) is 0 Å². The third-order valence-corrected chi connectivity index (χ3v) is 21.8. The summed E-state index contributed by atoms with van der Waals surface area (Å²) in [7, 11) is 0. The Hall–Kier alpha value is -2.97. The Kier molecular flexibility index (Phi) is 11.7. The Morgan fingerprint density at radius 2 is 1.00 bits per heavy atom. The predicted molar refractivity (Wildman–Crippen MR) is 235 cm³/mol. The second-order valence-corrected chi connectivity index (χ2v) is 27.6. The largest absolute Gasteiger partial charge is 1.00 e. The summed E-state index contributed by atoms with van der Waals surface area (Å²) in [6.45, 7) is 32.7. The molecule has 1 unspecified atom stereocenters. The number of hydrogen-bond acceptors (Lipinski definition) is 0. The van der Waals surface area contributed by atoms with Crippen molar-refractivity contribution in [3.63, 3.8) is 0 Å². The quantitative estimate of drug-likeness (QED) is 0.192. The molecule has 0 aromatic heterocycles. The van der Waals surface area contributed by atoms with Crippen molar-refractivity contribution in [2.45, 2.75) is 111 Å². The maximum atomic E-state index is 15.5. The van der Waals surface area contributed by atoms with Crippen LogP contribution >= 0.6 is 0 Å². The van der Waals surface area contributed by atoms with Crippen LogP contribution in [0.3, 0.4) is 0 Å². The Bertz CT molecular complexity index is 2410. The first-order valence-corrected chi connectivity index (χ1v) is 24.8. The molecular weight excluding hydrogens is 849 g/mol. The predicted octanol–water partition coefficient (Wildman–Crippen LogP) is 8.88. The zero-order valence-electron chi connectivity index (χ0n) is 37.4. The van der Waals surface area contributed by atoms with Gasteiger partial charge in [-0.15, -0.1) is 0 Å². The van der Waals surface area contributed by atoms with Crippen LogP contribution in [0.1, 0.15) is 145 Å². The SMILES string of the molecule is CC1C=C(C(C)(C)C)C=[C]1[Zr+2](=[C](c1cccc(F)c1)c1cccc(F)c1)[CH]1c2cc3c(cc2-c2cc4c(cc21)C(C)(C)C=C4C(C)(C)C)C(C(C)(C)C)=CC3(C)C.[Cl-].[Cl-]. The molecule has 0 aliphatic heterocycles. The number of benzene rings is 4. The Morgan fingerprint density at radius 3 is 1.36 bits per heavy atom. The van der Waals surface area contributed by atoms with Gasteiger partial charge < -0.3 is 24.8 Å². The molecule has 0 saturated heterocycles. The third kappa shape index (κ3) is 7.78. The molecule has 0 fully saturated rings. The average molecular weight is 909 g/mol. The molecule has 0 nitrogen and oxygen atoms in total. The van der Waals surface area contributed by atoms with Gasteiger partial charge in [-0.1, -0.05) is 0 Å². The summed E-state index contributed by atoms with van der Waals surface area (Å²) in [5, 5.41) is 0. The van der Waals surface area contributed by atoms with Crippen molar-refractivity contribution in [2.24, 2.45) is 22.2 Å². The summed E-state index contributed by atoms with van der Waals surface area (Å²) in [5.41, 5.74) is 16.5. The first-order chi connectivity index (χ1) is 26.4. The molecule has 0 radical (unpaired) electrons. The van der Waals surface area contributed by atoms with Crippen molar-refractivity contribution < 1.29 is 54.9 Å². The summed E-state index contributed by atoms with van der Waals surface area (Å²) in [5.74, 6) is -0.323. The molecule has 0 spiro atoms. The number of allylic oxidation sites excluding steroid dienone is 8. The molecule has 5 heteroatoms. The molecule has 0 saturated carbocycles. The van der Waals surface area contributed by atoms with E-state index in [2.05, 4.69) is 158 Å². The van der Waals surface area contributed by atoms with Crippen LogP contribution in [-0.2, 0) is 32.1 Å². The van der Waals surface area contributed by atoms with Gasteiger partial charge in [-0.3, -0.25) is 0 Å². The topological polar surface area (TPSA) is 0 Å². The van der Waals surface area contributed by atoms with E-state index in [1.165, 1.54) is 76.6 Å². The van der Waals surface area contributed by atoms with E-state index >= 15 is 8.78 Å². The fourth-order valence-corrected chi connectivity index (χ4v) is 19.6. The zero-order chi connectivity index (χ0) is 41.4. The molecule has 4 aromatic carbocycles. The van der Waals surface area contributed by atoms with E-state index in [1.54, 1.807) is 12.1 Å². The van der Waals surface area contributed by atoms with Gasteiger partial charge in [-0.25, -0.2) is 0 Å². The standard InChI is InChI=1S/C31H37.C13H8F2.C10H15.2ClH.Zr/c1-28(2,3)26-16-30(7,8)24-12-18-11-19-13-25-23(15-21(19)20(18)14-22(24)26)27(29(4,5)6)17-31(25,9)10;14-12-5-1-3-10(8-12)7-11-4-2-6-13(15)9-11;1-8-5-6-9(7-8)10(2,3)4;;;/h11-17H,1-10H3;1-6,8-9H;6-8H,1-4H3;2*1H;/q;;;;;+2/p-2. The Labute approximate surface area is 373 Å². The maximum absolute atomic E-state index is 15.5. The van der Waals surface area contributed by atoms with Crippen molar-refractivity contribution in [2.75, 3.05) is 0 Å². The van der Waals surface area contributed by atoms with E-state index in [0.717, 1.165) is 14.3 Å². The van der Waals surface area contributed by atoms with Gasteiger partial charge in [0.2, 0.25) is 0 Å². The van der Waals surface area contributed by atoms with Gasteiger partial charge in [0.15, 0.2) is 0 Å². The van der Waals surface area contributed by atoms with Crippen molar-refractivity contribution in [1.82, 2.24) is 0 Å². The number of rotatable bonds is 4. The molecule has 0 N–H and O–H groups in total. The summed E-state index contributed by atoms with van der Waals surface area (Å²) in [6.07, 6.45) is 10.00. The molecule has 1 atom stereocenters. The minimum absolute atomic E-state index is 0. The van der Waals surface area contributed by atoms with Crippen LogP contribution in [-0.4, -0.2) is 3.21 Å². The normalized spacial score (nSPS) is 18.5. The van der Waals surface area contributed by atoms with E-state index in [9.17, 15) is 0 Å². The van der Waals surface area contributed by atoms with Gasteiger partial charge in [-0.2, -0.15) is 0 Å². The summed E-state index contributed by atoms with van der Waals surface area (Å²) >= 11 is -3.40. The molecule has 308 valence electrons. The van der Waals surface area contributed by atoms with E-state index in [4.69, 9.17) is 0 Å². The summed E-state index contributed by atoms with van der Waals surface area (Å²) in [6, 6.07) is 24.5. The molecule has 8 rings (SSSR count). The van der Waals surface area contributed by atoms with E-state index < -0.39 is 21.3 Å². The van der Waals surface area contributed by atoms with Crippen molar-refractivity contribution in [3.05, 3.63) is 162 Å². The van der Waals surface area contributed by atoms with Gasteiger partial charge in [0.1, 0.15) is 0 Å². The van der Waals surface area contributed by atoms with Gasteiger partial charge in [0.05, 0.1) is 0 Å². The van der Waals surface area contributed by atoms with E-state index in [1.807, 2.05) is 12.1 Å². The number of hydrogen-bond donors (Lipinski definition) is 0. The van der Waals surface area contributed by atoms with Crippen LogP contribution in [0, 0.1) is 33.8 Å². The fraction of sp³-hybridized carbons (Fsp3) is 0.389. The molecule has 4 aliphatic carbocycles. The van der Waals surface area contributed by atoms with Crippen LogP contribution in [0.4, 0.5) is 8.78 Å². The van der Waals surface area contributed by atoms with Crippen molar-refractivity contribution in [1.29, 1.82) is 0 Å². The Morgan fingerprint density at radius 1 is 0.576 bits per heavy atom. The fourth-order valence-electron chi connectivity index (χ4n) is 10.2. The van der Waals surface area contributed by atoms with Crippen LogP contribution in [0.15, 0.2) is 106 Å². The first kappa shape index (κ1) is 45.6. The van der Waals surface area contributed by atoms with E-state index in [0.29, 0.717) is 0 Å². The van der Waals surface area contributed by atoms with Crippen molar-refractivity contribution >= 4 is 14.4 Å². The number of fused-ring (bicyclic) bond motifs is 5. The van der Waals surface area contributed by atoms with Crippen LogP contribution in [0.2, 0.25) is 0 Å². The second-order valence-electron chi connectivity index (χ2n) is 21.5.